The Labute approximate surface area is 133 Å². The maximum atomic E-state index is 10.8. The van der Waals surface area contributed by atoms with Crippen molar-refractivity contribution in [3.05, 3.63) is 48.0 Å². The molecular weight excluding hydrogens is 322 g/mol. The van der Waals surface area contributed by atoms with Crippen molar-refractivity contribution in [2.45, 2.75) is 22.6 Å². The number of nitrogens with zero attached hydrogens (tertiary/aromatic N) is 1. The number of rotatable bonds is 4. The molecule has 0 unspecified atom stereocenters. The third kappa shape index (κ3) is 3.12. The first-order valence-electron chi connectivity index (χ1n) is 6.78. The summed E-state index contributed by atoms with van der Waals surface area (Å²) in [6.07, 6.45) is 0.762. The summed E-state index contributed by atoms with van der Waals surface area (Å²) in [7, 11) is -3.96. The van der Waals surface area contributed by atoms with E-state index >= 15 is 0 Å². The molecule has 2 N–H and O–H groups in total. The van der Waals surface area contributed by atoms with Crippen LogP contribution in [-0.4, -0.2) is 23.9 Å². The van der Waals surface area contributed by atoms with Gasteiger partial charge in [0.1, 0.15) is 0 Å². The van der Waals surface area contributed by atoms with E-state index in [1.807, 2.05) is 42.5 Å². The molecule has 0 atom stereocenters. The average Bonchev–Trinajstić information content (AvgIpc) is 2.46. The summed E-state index contributed by atoms with van der Waals surface area (Å²) >= 11 is 1.57. The largest absolute Gasteiger partial charge is 0.286 e. The highest BCUT2D eigenvalue weighted by atomic mass is 32.2. The van der Waals surface area contributed by atoms with Gasteiger partial charge < -0.3 is 0 Å². The van der Waals surface area contributed by atoms with Gasteiger partial charge in [0.25, 0.3) is 10.1 Å². The molecule has 0 spiro atoms. The Morgan fingerprint density at radius 1 is 1.05 bits per heavy atom. The van der Waals surface area contributed by atoms with Crippen molar-refractivity contribution in [3.63, 3.8) is 0 Å². The van der Waals surface area contributed by atoms with E-state index in [4.69, 9.17) is 4.55 Å². The lowest BCUT2D eigenvalue weighted by Crippen LogP contribution is -2.17. The van der Waals surface area contributed by atoms with E-state index in [1.54, 1.807) is 11.8 Å². The standard InChI is InChI=1S/C15H15NO4S2/c17-16-12-7-1-2-8-13(12)21-14-9-3-5-11(15(14)16)6-4-10-22(18,19)20/h1-3,5,7-9,17H,4,6,10H2,(H,18,19,20). The normalized spacial score (nSPS) is 13.6. The van der Waals surface area contributed by atoms with Gasteiger partial charge in [-0.25, -0.2) is 5.06 Å². The number of benzene rings is 2. The van der Waals surface area contributed by atoms with Gasteiger partial charge in [0, 0.05) is 9.79 Å². The second kappa shape index (κ2) is 5.92. The molecule has 0 radical (unpaired) electrons. The lowest BCUT2D eigenvalue weighted by molar-refractivity contribution is 0.295. The van der Waals surface area contributed by atoms with Crippen LogP contribution >= 0.6 is 11.8 Å². The molecular formula is C15H15NO4S2. The van der Waals surface area contributed by atoms with Gasteiger partial charge in [0.2, 0.25) is 0 Å². The molecule has 0 fully saturated rings. The van der Waals surface area contributed by atoms with Gasteiger partial charge in [-0.1, -0.05) is 36.0 Å². The molecule has 0 amide bonds. The smallest absolute Gasteiger partial charge is 0.264 e. The van der Waals surface area contributed by atoms with E-state index in [1.165, 1.54) is 0 Å². The summed E-state index contributed by atoms with van der Waals surface area (Å²) < 4.78 is 30.5. The number of para-hydroxylation sites is 2. The first-order chi connectivity index (χ1) is 10.5. The molecule has 0 saturated carbocycles. The van der Waals surface area contributed by atoms with Crippen molar-refractivity contribution in [2.75, 3.05) is 10.8 Å². The SMILES string of the molecule is O=S(=O)(O)CCCc1cccc2c1N(O)c1ccccc1S2. The number of fused-ring (bicyclic) bond motifs is 2. The van der Waals surface area contributed by atoms with E-state index in [0.717, 1.165) is 20.4 Å². The predicted molar refractivity (Wildman–Crippen MR) is 85.7 cm³/mol. The van der Waals surface area contributed by atoms with Gasteiger partial charge in [-0.05, 0) is 36.6 Å². The molecule has 1 heterocycles. The first kappa shape index (κ1) is 15.4. The maximum Gasteiger partial charge on any atom is 0.264 e. The molecule has 22 heavy (non-hydrogen) atoms. The number of anilines is 2. The Balaban J connectivity index is 1.90. The monoisotopic (exact) mass is 337 g/mol. The topological polar surface area (TPSA) is 77.8 Å². The lowest BCUT2D eigenvalue weighted by atomic mass is 10.1. The quantitative estimate of drug-likeness (QED) is 0.832. The lowest BCUT2D eigenvalue weighted by Gasteiger charge is -2.29. The van der Waals surface area contributed by atoms with Crippen LogP contribution in [0.3, 0.4) is 0 Å². The molecule has 116 valence electrons. The average molecular weight is 337 g/mol. The summed E-state index contributed by atoms with van der Waals surface area (Å²) in [5.41, 5.74) is 2.24. The van der Waals surface area contributed by atoms with Crippen LogP contribution in [0.25, 0.3) is 0 Å². The summed E-state index contributed by atoms with van der Waals surface area (Å²) in [6, 6.07) is 13.2. The Hall–Kier alpha value is -1.54. The van der Waals surface area contributed by atoms with Gasteiger partial charge in [-0.3, -0.25) is 9.76 Å². The van der Waals surface area contributed by atoms with Crippen molar-refractivity contribution in [1.29, 1.82) is 0 Å². The third-order valence-corrected chi connectivity index (χ3v) is 5.38. The van der Waals surface area contributed by atoms with Gasteiger partial charge in [0.05, 0.1) is 17.1 Å². The van der Waals surface area contributed by atoms with Crippen LogP contribution in [0.4, 0.5) is 11.4 Å². The van der Waals surface area contributed by atoms with Crippen LogP contribution in [0.2, 0.25) is 0 Å². The van der Waals surface area contributed by atoms with E-state index in [9.17, 15) is 13.6 Å². The van der Waals surface area contributed by atoms with Crippen molar-refractivity contribution < 1.29 is 18.2 Å². The molecule has 3 rings (SSSR count). The zero-order valence-electron chi connectivity index (χ0n) is 11.6. The minimum Gasteiger partial charge on any atom is -0.286 e. The molecule has 0 aromatic heterocycles. The summed E-state index contributed by atoms with van der Waals surface area (Å²) in [5, 5.41) is 11.7. The van der Waals surface area contributed by atoms with E-state index < -0.39 is 10.1 Å². The van der Waals surface area contributed by atoms with E-state index in [-0.39, 0.29) is 5.75 Å². The van der Waals surface area contributed by atoms with Crippen LogP contribution in [0.5, 0.6) is 0 Å². The van der Waals surface area contributed by atoms with Crippen molar-refractivity contribution in [1.82, 2.24) is 0 Å². The van der Waals surface area contributed by atoms with Gasteiger partial charge >= 0.3 is 0 Å². The Bertz CT molecular complexity index is 805. The predicted octanol–water partition coefficient (Wildman–Crippen LogP) is 3.50. The Morgan fingerprint density at radius 2 is 1.77 bits per heavy atom. The summed E-state index contributed by atoms with van der Waals surface area (Å²) in [4.78, 5) is 1.89. The fourth-order valence-electron chi connectivity index (χ4n) is 2.49. The minimum atomic E-state index is -3.96. The zero-order valence-corrected chi connectivity index (χ0v) is 13.3. The van der Waals surface area contributed by atoms with E-state index in [0.29, 0.717) is 24.2 Å². The fourth-order valence-corrected chi connectivity index (χ4v) is 4.11. The van der Waals surface area contributed by atoms with E-state index in [2.05, 4.69) is 0 Å². The molecule has 1 aliphatic rings. The molecule has 0 aliphatic carbocycles. The fraction of sp³-hybridized carbons (Fsp3) is 0.200. The Morgan fingerprint density at radius 3 is 2.55 bits per heavy atom. The second-order valence-electron chi connectivity index (χ2n) is 5.04. The summed E-state index contributed by atoms with van der Waals surface area (Å²) in [5.74, 6) is -0.286. The van der Waals surface area contributed by atoms with Crippen LogP contribution in [0.1, 0.15) is 12.0 Å². The van der Waals surface area contributed by atoms with Gasteiger partial charge in [-0.15, -0.1) is 0 Å². The van der Waals surface area contributed by atoms with Crippen LogP contribution in [0.15, 0.2) is 52.3 Å². The molecule has 7 heteroatoms. The Kier molecular flexibility index (Phi) is 4.14. The highest BCUT2D eigenvalue weighted by molar-refractivity contribution is 7.99. The van der Waals surface area contributed by atoms with Crippen LogP contribution < -0.4 is 5.06 Å². The summed E-state index contributed by atoms with van der Waals surface area (Å²) in [6.45, 7) is 0. The molecule has 2 aromatic rings. The molecule has 0 saturated heterocycles. The number of aryl methyl sites for hydroxylation is 1. The molecule has 0 bridgehead atoms. The second-order valence-corrected chi connectivity index (χ2v) is 7.69. The van der Waals surface area contributed by atoms with Crippen molar-refractivity contribution in [3.8, 4) is 0 Å². The number of hydrogen-bond acceptors (Lipinski definition) is 5. The molecule has 2 aromatic carbocycles. The molecule has 1 aliphatic heterocycles. The minimum absolute atomic E-state index is 0.286. The van der Waals surface area contributed by atoms with Crippen molar-refractivity contribution >= 4 is 33.3 Å². The van der Waals surface area contributed by atoms with Crippen LogP contribution in [0, 0.1) is 0 Å². The maximum absolute atomic E-state index is 10.8. The van der Waals surface area contributed by atoms with Gasteiger partial charge in [-0.2, -0.15) is 8.42 Å². The van der Waals surface area contributed by atoms with Gasteiger partial charge in [0.15, 0.2) is 0 Å². The highest BCUT2D eigenvalue weighted by Gasteiger charge is 2.24. The third-order valence-electron chi connectivity index (χ3n) is 3.46. The van der Waals surface area contributed by atoms with Crippen molar-refractivity contribution in [2.24, 2.45) is 0 Å². The van der Waals surface area contributed by atoms with Crippen LogP contribution in [-0.2, 0) is 16.5 Å². The molecule has 5 nitrogen and oxygen atoms in total. The zero-order chi connectivity index (χ0) is 15.7. The number of hydrogen-bond donors (Lipinski definition) is 2. The first-order valence-corrected chi connectivity index (χ1v) is 9.21. The highest BCUT2D eigenvalue weighted by Crippen LogP contribution is 2.48.